The zero-order valence-electron chi connectivity index (χ0n) is 15.6. The van der Waals surface area contributed by atoms with Gasteiger partial charge in [-0.2, -0.15) is 0 Å². The summed E-state index contributed by atoms with van der Waals surface area (Å²) in [5.74, 6) is -1.06. The molecule has 27 heavy (non-hydrogen) atoms. The van der Waals surface area contributed by atoms with Crippen LogP contribution in [0.5, 0.6) is 0 Å². The molecule has 0 saturated carbocycles. The lowest BCUT2D eigenvalue weighted by atomic mass is 10.1. The van der Waals surface area contributed by atoms with Crippen LogP contribution in [0.1, 0.15) is 19.4 Å². The van der Waals surface area contributed by atoms with Crippen molar-refractivity contribution in [2.75, 3.05) is 18.2 Å². The molecule has 0 atom stereocenters. The normalized spacial score (nSPS) is 11.8. The van der Waals surface area contributed by atoms with E-state index < -0.39 is 15.9 Å². The van der Waals surface area contributed by atoms with Gasteiger partial charge < -0.3 is 4.90 Å². The molecule has 1 aromatic heterocycles. The molecule has 0 aliphatic rings. The smallest absolute Gasteiger partial charge is 0.257 e. The zero-order chi connectivity index (χ0) is 20.2. The van der Waals surface area contributed by atoms with E-state index in [9.17, 15) is 17.6 Å². The first kappa shape index (κ1) is 20.6. The summed E-state index contributed by atoms with van der Waals surface area (Å²) in [7, 11) is -1.70. The second-order valence-electron chi connectivity index (χ2n) is 6.42. The Balaban J connectivity index is 2.41. The Labute approximate surface area is 158 Å². The van der Waals surface area contributed by atoms with E-state index in [1.807, 2.05) is 36.6 Å². The second kappa shape index (κ2) is 8.30. The third kappa shape index (κ3) is 5.89. The average molecular weight is 391 g/mol. The minimum atomic E-state index is -3.61. The molecule has 2 aromatic rings. The van der Waals surface area contributed by atoms with E-state index in [4.69, 9.17) is 0 Å². The summed E-state index contributed by atoms with van der Waals surface area (Å²) in [6.45, 7) is 4.05. The van der Waals surface area contributed by atoms with Gasteiger partial charge >= 0.3 is 0 Å². The molecule has 0 saturated heterocycles. The number of rotatable bonds is 6. The van der Waals surface area contributed by atoms with Gasteiger partial charge in [-0.3, -0.25) is 9.78 Å². The third-order valence-corrected chi connectivity index (χ3v) is 4.45. The molecule has 8 heteroatoms. The number of hydrogen-bond acceptors (Lipinski definition) is 5. The van der Waals surface area contributed by atoms with Gasteiger partial charge in [0.05, 0.1) is 17.6 Å². The van der Waals surface area contributed by atoms with Gasteiger partial charge in [-0.05, 0) is 55.8 Å². The zero-order valence-corrected chi connectivity index (χ0v) is 16.4. The van der Waals surface area contributed by atoms with Crippen LogP contribution in [-0.4, -0.2) is 38.7 Å². The number of nitrogens with one attached hydrogen (secondary N) is 1. The average Bonchev–Trinajstić information content (AvgIpc) is 2.58. The fourth-order valence-corrected chi connectivity index (χ4v) is 2.76. The van der Waals surface area contributed by atoms with Crippen LogP contribution in [0.3, 0.4) is 0 Å². The number of pyridine rings is 1. The van der Waals surface area contributed by atoms with Gasteiger partial charge in [-0.15, -0.1) is 0 Å². The van der Waals surface area contributed by atoms with Crippen molar-refractivity contribution < 1.29 is 17.6 Å². The Morgan fingerprint density at radius 3 is 2.44 bits per heavy atom. The summed E-state index contributed by atoms with van der Waals surface area (Å²) in [5.41, 5.74) is 2.89. The molecule has 0 unspecified atom stereocenters. The number of sulfonamides is 1. The second-order valence-corrected chi connectivity index (χ2v) is 8.17. The number of aromatic nitrogens is 1. The van der Waals surface area contributed by atoms with Crippen molar-refractivity contribution in [3.05, 3.63) is 54.0 Å². The van der Waals surface area contributed by atoms with Gasteiger partial charge in [-0.25, -0.2) is 17.5 Å². The van der Waals surface area contributed by atoms with Crippen LogP contribution in [0.2, 0.25) is 0 Å². The lowest BCUT2D eigenvalue weighted by molar-refractivity contribution is -0.114. The van der Waals surface area contributed by atoms with E-state index >= 15 is 0 Å². The maximum atomic E-state index is 13.2. The highest BCUT2D eigenvalue weighted by Gasteiger charge is 2.14. The Kier molecular flexibility index (Phi) is 6.32. The van der Waals surface area contributed by atoms with Gasteiger partial charge in [0.25, 0.3) is 5.91 Å². The highest BCUT2D eigenvalue weighted by atomic mass is 32.2. The number of anilines is 1. The number of carbonyl (C=O) groups is 1. The lowest BCUT2D eigenvalue weighted by Crippen LogP contribution is -2.27. The van der Waals surface area contributed by atoms with Crippen molar-refractivity contribution in [2.45, 2.75) is 19.9 Å². The molecule has 1 amide bonds. The van der Waals surface area contributed by atoms with Crippen molar-refractivity contribution in [1.29, 1.82) is 0 Å². The molecule has 144 valence electrons. The van der Waals surface area contributed by atoms with Crippen molar-refractivity contribution in [3.8, 4) is 11.3 Å². The highest BCUT2D eigenvalue weighted by Crippen LogP contribution is 2.30. The summed E-state index contributed by atoms with van der Waals surface area (Å²) in [6.07, 6.45) is 5.10. The molecule has 0 bridgehead atoms. The Hall–Kier alpha value is -2.74. The maximum Gasteiger partial charge on any atom is 0.257 e. The van der Waals surface area contributed by atoms with Crippen LogP contribution in [0, 0.1) is 5.82 Å². The van der Waals surface area contributed by atoms with Gasteiger partial charge in [-0.1, -0.05) is 0 Å². The molecule has 1 aromatic carbocycles. The van der Waals surface area contributed by atoms with Crippen LogP contribution in [0.4, 0.5) is 10.1 Å². The molecule has 2 rings (SSSR count). The first-order valence-corrected chi connectivity index (χ1v) is 10.1. The molecule has 0 aliphatic carbocycles. The summed E-state index contributed by atoms with van der Waals surface area (Å²) in [6, 6.07) is 8.09. The summed E-state index contributed by atoms with van der Waals surface area (Å²) < 4.78 is 37.3. The van der Waals surface area contributed by atoms with E-state index in [0.29, 0.717) is 11.3 Å². The molecule has 6 nitrogen and oxygen atoms in total. The molecule has 0 spiro atoms. The van der Waals surface area contributed by atoms with Crippen LogP contribution >= 0.6 is 0 Å². The molecule has 1 N–H and O–H groups in total. The predicted molar refractivity (Wildman–Crippen MR) is 105 cm³/mol. The Bertz CT molecular complexity index is 955. The standard InChI is InChI=1S/C19H22FN3O3S/c1-13(2)23(3)17-11-14(5-10-18(24)22-27(4,25)26)12-21-19(17)15-6-8-16(20)9-7-15/h5-13H,1-4H3,(H,22,24). The van der Waals surface area contributed by atoms with Crippen molar-refractivity contribution in [1.82, 2.24) is 9.71 Å². The minimum Gasteiger partial charge on any atom is -0.370 e. The molecule has 0 fully saturated rings. The van der Waals surface area contributed by atoms with E-state index in [-0.39, 0.29) is 11.9 Å². The molecule has 1 heterocycles. The fourth-order valence-electron chi connectivity index (χ4n) is 2.33. The quantitative estimate of drug-likeness (QED) is 0.766. The van der Waals surface area contributed by atoms with E-state index in [0.717, 1.165) is 23.6 Å². The van der Waals surface area contributed by atoms with E-state index in [1.165, 1.54) is 18.2 Å². The summed E-state index contributed by atoms with van der Waals surface area (Å²) >= 11 is 0. The highest BCUT2D eigenvalue weighted by molar-refractivity contribution is 7.89. The summed E-state index contributed by atoms with van der Waals surface area (Å²) in [5, 5.41) is 0. The molecule has 0 aliphatic heterocycles. The number of amides is 1. The number of halogens is 1. The fraction of sp³-hybridized carbons (Fsp3) is 0.263. The number of benzene rings is 1. The number of nitrogens with zero attached hydrogens (tertiary/aromatic N) is 2. The Morgan fingerprint density at radius 1 is 1.26 bits per heavy atom. The van der Waals surface area contributed by atoms with Crippen LogP contribution < -0.4 is 9.62 Å². The van der Waals surface area contributed by atoms with Crippen molar-refractivity contribution in [3.63, 3.8) is 0 Å². The number of carbonyl (C=O) groups excluding carboxylic acids is 1. The van der Waals surface area contributed by atoms with Crippen molar-refractivity contribution in [2.24, 2.45) is 0 Å². The van der Waals surface area contributed by atoms with Crippen LogP contribution in [0.25, 0.3) is 17.3 Å². The monoisotopic (exact) mass is 391 g/mol. The third-order valence-electron chi connectivity index (χ3n) is 3.87. The van der Waals surface area contributed by atoms with Gasteiger partial charge in [0.1, 0.15) is 5.82 Å². The van der Waals surface area contributed by atoms with Gasteiger partial charge in [0, 0.05) is 30.9 Å². The Morgan fingerprint density at radius 2 is 1.89 bits per heavy atom. The first-order valence-electron chi connectivity index (χ1n) is 8.25. The maximum absolute atomic E-state index is 13.2. The number of hydrogen-bond donors (Lipinski definition) is 1. The topological polar surface area (TPSA) is 79.4 Å². The lowest BCUT2D eigenvalue weighted by Gasteiger charge is -2.26. The van der Waals surface area contributed by atoms with E-state index in [1.54, 1.807) is 18.3 Å². The van der Waals surface area contributed by atoms with E-state index in [2.05, 4.69) is 4.98 Å². The van der Waals surface area contributed by atoms with Gasteiger partial charge in [0.2, 0.25) is 10.0 Å². The molecule has 0 radical (unpaired) electrons. The van der Waals surface area contributed by atoms with Crippen molar-refractivity contribution >= 4 is 27.7 Å². The first-order chi connectivity index (χ1) is 12.6. The largest absolute Gasteiger partial charge is 0.370 e. The SMILES string of the molecule is CC(C)N(C)c1cc(C=CC(=O)NS(C)(=O)=O)cnc1-c1ccc(F)cc1. The predicted octanol–water partition coefficient (Wildman–Crippen LogP) is 2.82. The van der Waals surface area contributed by atoms with Crippen LogP contribution in [0.15, 0.2) is 42.6 Å². The van der Waals surface area contributed by atoms with Crippen LogP contribution in [-0.2, 0) is 14.8 Å². The summed E-state index contributed by atoms with van der Waals surface area (Å²) in [4.78, 5) is 18.1. The van der Waals surface area contributed by atoms with Gasteiger partial charge in [0.15, 0.2) is 0 Å². The molecular formula is C19H22FN3O3S. The molecular weight excluding hydrogens is 369 g/mol. The minimum absolute atomic E-state index is 0.179.